The molecule has 2 heterocycles. The Balaban J connectivity index is 1.65. The number of methoxy groups -OCH3 is 1. The number of halogens is 1. The molecule has 2 aliphatic rings. The van der Waals surface area contributed by atoms with Crippen LogP contribution in [-0.4, -0.2) is 30.0 Å². The van der Waals surface area contributed by atoms with Gasteiger partial charge in [0, 0.05) is 19.5 Å². The number of amides is 1. The molecule has 26 heavy (non-hydrogen) atoms. The summed E-state index contributed by atoms with van der Waals surface area (Å²) in [6.45, 7) is 2.04. The molecule has 0 aromatic heterocycles. The third-order valence-electron chi connectivity index (χ3n) is 5.68. The third-order valence-corrected chi connectivity index (χ3v) is 5.68. The number of nitrogens with one attached hydrogen (secondary N) is 1. The molecule has 0 bridgehead atoms. The lowest BCUT2D eigenvalue weighted by Gasteiger charge is -2.36. The molecule has 1 N–H and O–H groups in total. The number of benzene rings is 2. The molecule has 2 aliphatic heterocycles. The number of carbonyl (C=O) groups excluding carboxylic acids is 1. The summed E-state index contributed by atoms with van der Waals surface area (Å²) in [5, 5.41) is 3.12. The first-order valence-corrected chi connectivity index (χ1v) is 9.05. The van der Waals surface area contributed by atoms with Gasteiger partial charge in [0.05, 0.1) is 7.11 Å². The molecule has 0 saturated carbocycles. The van der Waals surface area contributed by atoms with Crippen molar-refractivity contribution in [2.75, 3.05) is 13.7 Å². The van der Waals surface area contributed by atoms with Gasteiger partial charge in [-0.15, -0.1) is 0 Å². The molecule has 0 radical (unpaired) electrons. The molecule has 0 aliphatic carbocycles. The van der Waals surface area contributed by atoms with Crippen molar-refractivity contribution < 1.29 is 13.9 Å². The fourth-order valence-corrected chi connectivity index (χ4v) is 4.28. The Hall–Kier alpha value is -2.40. The van der Waals surface area contributed by atoms with Crippen molar-refractivity contribution in [1.29, 1.82) is 0 Å². The number of fused-ring (bicyclic) bond motifs is 1. The average molecular weight is 354 g/mol. The van der Waals surface area contributed by atoms with Gasteiger partial charge in [-0.3, -0.25) is 9.69 Å². The normalized spacial score (nSPS) is 22.8. The van der Waals surface area contributed by atoms with Gasteiger partial charge in [-0.25, -0.2) is 4.39 Å². The van der Waals surface area contributed by atoms with Gasteiger partial charge in [0.1, 0.15) is 5.54 Å². The molecule has 1 saturated heterocycles. The second-order valence-corrected chi connectivity index (χ2v) is 7.15. The molecule has 1 fully saturated rings. The van der Waals surface area contributed by atoms with Gasteiger partial charge in [-0.2, -0.15) is 0 Å². The summed E-state index contributed by atoms with van der Waals surface area (Å²) in [5.41, 5.74) is 2.84. The van der Waals surface area contributed by atoms with Crippen LogP contribution in [0.15, 0.2) is 42.5 Å². The van der Waals surface area contributed by atoms with E-state index >= 15 is 0 Å². The number of rotatable bonds is 3. The lowest BCUT2D eigenvalue weighted by Crippen LogP contribution is -2.55. The number of hydrogen-bond donors (Lipinski definition) is 1. The Morgan fingerprint density at radius 3 is 2.85 bits per heavy atom. The summed E-state index contributed by atoms with van der Waals surface area (Å²) in [6, 6.07) is 13.2. The van der Waals surface area contributed by atoms with Crippen molar-refractivity contribution in [2.24, 2.45) is 0 Å². The monoisotopic (exact) mass is 354 g/mol. The summed E-state index contributed by atoms with van der Waals surface area (Å²) in [6.07, 6.45) is 2.53. The van der Waals surface area contributed by atoms with Crippen LogP contribution in [0.5, 0.6) is 5.75 Å². The highest BCUT2D eigenvalue weighted by Gasteiger charge is 2.48. The van der Waals surface area contributed by atoms with Gasteiger partial charge < -0.3 is 10.1 Å². The average Bonchev–Trinajstić information content (AvgIpc) is 2.98. The molecule has 5 heteroatoms. The highest BCUT2D eigenvalue weighted by molar-refractivity contribution is 5.87. The van der Waals surface area contributed by atoms with Gasteiger partial charge in [-0.1, -0.05) is 30.3 Å². The second kappa shape index (κ2) is 6.72. The van der Waals surface area contributed by atoms with Crippen LogP contribution in [0.25, 0.3) is 0 Å². The van der Waals surface area contributed by atoms with E-state index in [2.05, 4.69) is 22.3 Å². The van der Waals surface area contributed by atoms with E-state index in [1.807, 2.05) is 12.1 Å². The first-order valence-electron chi connectivity index (χ1n) is 9.05. The van der Waals surface area contributed by atoms with Gasteiger partial charge in [0.25, 0.3) is 0 Å². The van der Waals surface area contributed by atoms with E-state index in [1.165, 1.54) is 24.3 Å². The summed E-state index contributed by atoms with van der Waals surface area (Å²) >= 11 is 0. The van der Waals surface area contributed by atoms with E-state index in [9.17, 15) is 9.18 Å². The molecule has 4 nitrogen and oxygen atoms in total. The Morgan fingerprint density at radius 1 is 1.23 bits per heavy atom. The SMILES string of the molecule is COc1cc(CN2CCCC23Cc2ccccc2CNC3=O)ccc1F. The molecule has 1 atom stereocenters. The van der Waals surface area contributed by atoms with E-state index in [-0.39, 0.29) is 17.5 Å². The number of likely N-dealkylation sites (tertiary alicyclic amines) is 1. The Kier molecular flexibility index (Phi) is 4.41. The lowest BCUT2D eigenvalue weighted by atomic mass is 9.86. The van der Waals surface area contributed by atoms with Gasteiger partial charge in [-0.05, 0) is 48.2 Å². The molecule has 2 aromatic carbocycles. The van der Waals surface area contributed by atoms with E-state index in [0.717, 1.165) is 24.9 Å². The Morgan fingerprint density at radius 2 is 2.04 bits per heavy atom. The van der Waals surface area contributed by atoms with Crippen molar-refractivity contribution in [1.82, 2.24) is 10.2 Å². The van der Waals surface area contributed by atoms with Gasteiger partial charge >= 0.3 is 0 Å². The highest BCUT2D eigenvalue weighted by Crippen LogP contribution is 2.37. The fraction of sp³-hybridized carbons (Fsp3) is 0.381. The summed E-state index contributed by atoms with van der Waals surface area (Å²) in [5.74, 6) is -0.0276. The maximum Gasteiger partial charge on any atom is 0.241 e. The van der Waals surface area contributed by atoms with Crippen molar-refractivity contribution >= 4 is 5.91 Å². The third kappa shape index (κ3) is 2.86. The summed E-state index contributed by atoms with van der Waals surface area (Å²) < 4.78 is 18.8. The lowest BCUT2D eigenvalue weighted by molar-refractivity contribution is -0.132. The van der Waals surface area contributed by atoms with Crippen LogP contribution in [0.3, 0.4) is 0 Å². The summed E-state index contributed by atoms with van der Waals surface area (Å²) in [7, 11) is 1.47. The van der Waals surface area contributed by atoms with Crippen LogP contribution in [0, 0.1) is 5.82 Å². The molecule has 1 amide bonds. The highest BCUT2D eigenvalue weighted by atomic mass is 19.1. The summed E-state index contributed by atoms with van der Waals surface area (Å²) in [4.78, 5) is 15.3. The smallest absolute Gasteiger partial charge is 0.241 e. The quantitative estimate of drug-likeness (QED) is 0.921. The van der Waals surface area contributed by atoms with E-state index in [1.54, 1.807) is 12.1 Å². The van der Waals surface area contributed by atoms with E-state index in [4.69, 9.17) is 4.74 Å². The van der Waals surface area contributed by atoms with E-state index < -0.39 is 5.54 Å². The number of carbonyl (C=O) groups is 1. The molecule has 136 valence electrons. The molecular weight excluding hydrogens is 331 g/mol. The molecular formula is C21H23FN2O2. The van der Waals surface area contributed by atoms with E-state index in [0.29, 0.717) is 19.5 Å². The fourth-order valence-electron chi connectivity index (χ4n) is 4.28. The molecule has 2 aromatic rings. The predicted octanol–water partition coefficient (Wildman–Crippen LogP) is 3.04. The molecule has 4 rings (SSSR count). The minimum atomic E-state index is -0.534. The second-order valence-electron chi connectivity index (χ2n) is 7.15. The van der Waals surface area contributed by atoms with Crippen molar-refractivity contribution in [2.45, 2.75) is 37.9 Å². The van der Waals surface area contributed by atoms with Crippen LogP contribution < -0.4 is 10.1 Å². The van der Waals surface area contributed by atoms with Crippen LogP contribution in [0.4, 0.5) is 4.39 Å². The topological polar surface area (TPSA) is 41.6 Å². The predicted molar refractivity (Wildman–Crippen MR) is 97.3 cm³/mol. The number of ether oxygens (including phenoxy) is 1. The Bertz CT molecular complexity index is 839. The maximum atomic E-state index is 13.7. The number of hydrogen-bond acceptors (Lipinski definition) is 3. The first kappa shape index (κ1) is 17.0. The van der Waals surface area contributed by atoms with Crippen LogP contribution >= 0.6 is 0 Å². The zero-order valence-corrected chi connectivity index (χ0v) is 14.9. The minimum absolute atomic E-state index is 0.0975. The zero-order valence-electron chi connectivity index (χ0n) is 14.9. The molecule has 1 unspecified atom stereocenters. The van der Waals surface area contributed by atoms with Crippen molar-refractivity contribution in [3.8, 4) is 5.75 Å². The number of nitrogens with zero attached hydrogens (tertiary/aromatic N) is 1. The van der Waals surface area contributed by atoms with Crippen LogP contribution in [0.1, 0.15) is 29.5 Å². The zero-order chi connectivity index (χ0) is 18.1. The minimum Gasteiger partial charge on any atom is -0.494 e. The van der Waals surface area contributed by atoms with Crippen molar-refractivity contribution in [3.05, 3.63) is 65.0 Å². The Labute approximate surface area is 153 Å². The van der Waals surface area contributed by atoms with Crippen LogP contribution in [-0.2, 0) is 24.3 Å². The van der Waals surface area contributed by atoms with Gasteiger partial charge in [0.2, 0.25) is 5.91 Å². The molecule has 1 spiro atoms. The maximum absolute atomic E-state index is 13.7. The van der Waals surface area contributed by atoms with Gasteiger partial charge in [0.15, 0.2) is 11.6 Å². The first-order chi connectivity index (χ1) is 12.6. The van der Waals surface area contributed by atoms with Crippen LogP contribution in [0.2, 0.25) is 0 Å². The largest absolute Gasteiger partial charge is 0.494 e. The standard InChI is InChI=1S/C21H23FN2O2/c1-26-19-11-15(7-8-18(19)22)14-24-10-4-9-21(24)12-16-5-2-3-6-17(16)13-23-20(21)25/h2-3,5-8,11H,4,9-10,12-14H2,1H3,(H,23,25). The van der Waals surface area contributed by atoms with Crippen molar-refractivity contribution in [3.63, 3.8) is 0 Å².